The summed E-state index contributed by atoms with van der Waals surface area (Å²) in [5, 5.41) is 3.29. The maximum Gasteiger partial charge on any atom is 0.242 e. The third-order valence-corrected chi connectivity index (χ3v) is 4.92. The van der Waals surface area contributed by atoms with E-state index in [2.05, 4.69) is 31.0 Å². The number of hydrogen-bond acceptors (Lipinski definition) is 3. The number of amides is 1. The number of carbonyl (C=O) groups is 1. The van der Waals surface area contributed by atoms with E-state index in [1.165, 1.54) is 12.8 Å². The molecule has 2 heterocycles. The molecule has 1 aliphatic carbocycles. The quantitative estimate of drug-likeness (QED) is 0.803. The number of carbonyl (C=O) groups excluding carboxylic acids is 1. The normalized spacial score (nSPS) is 39.2. The topological polar surface area (TPSA) is 41.6 Å². The zero-order valence-corrected chi connectivity index (χ0v) is 13.6. The van der Waals surface area contributed by atoms with Crippen LogP contribution in [-0.4, -0.2) is 49.2 Å². The Morgan fingerprint density at radius 2 is 2.05 bits per heavy atom. The maximum absolute atomic E-state index is 12.7. The second kappa shape index (κ2) is 5.47. The first-order chi connectivity index (χ1) is 8.89. The molecule has 3 rings (SSSR count). The van der Waals surface area contributed by atoms with Crippen LogP contribution in [0.1, 0.15) is 40.0 Å². The van der Waals surface area contributed by atoms with Crippen LogP contribution in [0.3, 0.4) is 0 Å². The van der Waals surface area contributed by atoms with Gasteiger partial charge in [-0.15, -0.1) is 12.4 Å². The third-order valence-electron chi connectivity index (χ3n) is 4.92. The van der Waals surface area contributed by atoms with Gasteiger partial charge in [0.05, 0.1) is 13.2 Å². The number of halogens is 1. The predicted molar refractivity (Wildman–Crippen MR) is 81.1 cm³/mol. The third kappa shape index (κ3) is 2.97. The number of nitrogens with zero attached hydrogens (tertiary/aromatic N) is 1. The van der Waals surface area contributed by atoms with Gasteiger partial charge in [0.25, 0.3) is 0 Å². The minimum Gasteiger partial charge on any atom is -0.378 e. The average Bonchev–Trinajstić information content (AvgIpc) is 2.59. The van der Waals surface area contributed by atoms with Gasteiger partial charge in [0, 0.05) is 19.1 Å². The molecule has 3 fully saturated rings. The van der Waals surface area contributed by atoms with Crippen LogP contribution in [0.5, 0.6) is 0 Å². The summed E-state index contributed by atoms with van der Waals surface area (Å²) >= 11 is 0. The fourth-order valence-electron chi connectivity index (χ4n) is 4.64. The lowest BCUT2D eigenvalue weighted by Crippen LogP contribution is -2.53. The van der Waals surface area contributed by atoms with Gasteiger partial charge in [-0.25, -0.2) is 0 Å². The van der Waals surface area contributed by atoms with E-state index in [0.29, 0.717) is 23.5 Å². The minimum atomic E-state index is -0.125. The molecule has 0 aromatic rings. The van der Waals surface area contributed by atoms with Gasteiger partial charge in [0.1, 0.15) is 6.04 Å². The van der Waals surface area contributed by atoms with Crippen molar-refractivity contribution in [3.05, 3.63) is 0 Å². The SMILES string of the molecule is CC1(C)CC2CC(C)(CN2C(=O)C2COCCN2)C1.Cl. The molecule has 1 N–H and O–H groups in total. The molecule has 1 saturated carbocycles. The minimum absolute atomic E-state index is 0. The van der Waals surface area contributed by atoms with Crippen molar-refractivity contribution >= 4 is 18.3 Å². The summed E-state index contributed by atoms with van der Waals surface area (Å²) in [6, 6.07) is 0.310. The number of fused-ring (bicyclic) bond motifs is 2. The number of morpholine rings is 1. The van der Waals surface area contributed by atoms with Crippen molar-refractivity contribution in [3.8, 4) is 0 Å². The Labute approximate surface area is 128 Å². The summed E-state index contributed by atoms with van der Waals surface area (Å²) in [4.78, 5) is 14.8. The van der Waals surface area contributed by atoms with Crippen LogP contribution in [-0.2, 0) is 9.53 Å². The molecule has 1 amide bonds. The standard InChI is InChI=1S/C15H26N2O2.ClH/c1-14(2)6-11-7-15(3,9-14)10-17(11)13(18)12-8-19-5-4-16-12;/h11-12,16H,4-10H2,1-3H3;1H. The Bertz CT molecular complexity index is 382. The predicted octanol–water partition coefficient (Wildman–Crippen LogP) is 1.82. The Kier molecular flexibility index (Phi) is 4.39. The monoisotopic (exact) mass is 302 g/mol. The van der Waals surface area contributed by atoms with E-state index in [9.17, 15) is 4.79 Å². The van der Waals surface area contributed by atoms with E-state index < -0.39 is 0 Å². The van der Waals surface area contributed by atoms with E-state index in [-0.39, 0.29) is 24.4 Å². The second-order valence-corrected chi connectivity index (χ2v) is 7.76. The van der Waals surface area contributed by atoms with Gasteiger partial charge >= 0.3 is 0 Å². The summed E-state index contributed by atoms with van der Waals surface area (Å²) in [5.74, 6) is 0.256. The van der Waals surface area contributed by atoms with Crippen LogP contribution < -0.4 is 5.32 Å². The Hall–Kier alpha value is -0.320. The highest BCUT2D eigenvalue weighted by molar-refractivity contribution is 5.85. The van der Waals surface area contributed by atoms with Gasteiger partial charge in [-0.3, -0.25) is 4.79 Å². The Morgan fingerprint density at radius 1 is 1.30 bits per heavy atom. The summed E-state index contributed by atoms with van der Waals surface area (Å²) in [7, 11) is 0. The number of nitrogens with one attached hydrogen (secondary N) is 1. The first kappa shape index (κ1) is 16.1. The lowest BCUT2D eigenvalue weighted by atomic mass is 9.65. The molecule has 3 unspecified atom stereocenters. The molecule has 2 aliphatic heterocycles. The first-order valence-corrected chi connectivity index (χ1v) is 7.50. The number of likely N-dealkylation sites (tertiary alicyclic amines) is 1. The molecule has 4 nitrogen and oxygen atoms in total. The zero-order chi connectivity index (χ0) is 13.7. The van der Waals surface area contributed by atoms with Crippen molar-refractivity contribution in [1.29, 1.82) is 0 Å². The smallest absolute Gasteiger partial charge is 0.242 e. The number of ether oxygens (including phenoxy) is 1. The van der Waals surface area contributed by atoms with Crippen LogP contribution in [0.4, 0.5) is 0 Å². The highest BCUT2D eigenvalue weighted by Gasteiger charge is 2.51. The second-order valence-electron chi connectivity index (χ2n) is 7.76. The summed E-state index contributed by atoms with van der Waals surface area (Å²) in [6.45, 7) is 10.00. The molecule has 0 radical (unpaired) electrons. The fraction of sp³-hybridized carbons (Fsp3) is 0.933. The van der Waals surface area contributed by atoms with E-state index >= 15 is 0 Å². The molecule has 0 spiro atoms. The van der Waals surface area contributed by atoms with E-state index in [1.54, 1.807) is 0 Å². The lowest BCUT2D eigenvalue weighted by molar-refractivity contribution is -0.137. The van der Waals surface area contributed by atoms with E-state index in [4.69, 9.17) is 4.74 Å². The van der Waals surface area contributed by atoms with Crippen molar-refractivity contribution in [2.75, 3.05) is 26.3 Å². The van der Waals surface area contributed by atoms with Gasteiger partial charge in [-0.2, -0.15) is 0 Å². The first-order valence-electron chi connectivity index (χ1n) is 7.50. The van der Waals surface area contributed by atoms with Gasteiger partial charge in [-0.1, -0.05) is 20.8 Å². The van der Waals surface area contributed by atoms with Gasteiger partial charge in [-0.05, 0) is 30.1 Å². The number of hydrogen-bond donors (Lipinski definition) is 1. The summed E-state index contributed by atoms with van der Waals surface area (Å²) in [5.41, 5.74) is 0.681. The van der Waals surface area contributed by atoms with Crippen LogP contribution in [0.25, 0.3) is 0 Å². The lowest BCUT2D eigenvalue weighted by Gasteiger charge is -2.39. The van der Waals surface area contributed by atoms with Crippen molar-refractivity contribution in [3.63, 3.8) is 0 Å². The van der Waals surface area contributed by atoms with Crippen molar-refractivity contribution in [1.82, 2.24) is 10.2 Å². The van der Waals surface area contributed by atoms with Crippen LogP contribution in [0.2, 0.25) is 0 Å². The van der Waals surface area contributed by atoms with Gasteiger partial charge in [0.2, 0.25) is 5.91 Å². The van der Waals surface area contributed by atoms with Crippen molar-refractivity contribution in [2.45, 2.75) is 52.1 Å². The summed E-state index contributed by atoms with van der Waals surface area (Å²) < 4.78 is 5.43. The van der Waals surface area contributed by atoms with E-state index in [0.717, 1.165) is 26.1 Å². The van der Waals surface area contributed by atoms with Crippen LogP contribution >= 0.6 is 12.4 Å². The van der Waals surface area contributed by atoms with Gasteiger partial charge in [0.15, 0.2) is 0 Å². The number of rotatable bonds is 1. The highest BCUT2D eigenvalue weighted by Crippen LogP contribution is 2.52. The molecule has 2 bridgehead atoms. The Balaban J connectivity index is 0.00000147. The highest BCUT2D eigenvalue weighted by atomic mass is 35.5. The molecule has 0 aromatic carbocycles. The molecule has 3 atom stereocenters. The molecule has 116 valence electrons. The molecule has 0 aromatic heterocycles. The molecule has 2 saturated heterocycles. The van der Waals surface area contributed by atoms with Crippen LogP contribution in [0.15, 0.2) is 0 Å². The molecular weight excluding hydrogens is 276 g/mol. The zero-order valence-electron chi connectivity index (χ0n) is 12.8. The summed E-state index contributed by atoms with van der Waals surface area (Å²) in [6.07, 6.45) is 3.55. The molecular formula is C15H27ClN2O2. The van der Waals surface area contributed by atoms with Crippen molar-refractivity contribution < 1.29 is 9.53 Å². The largest absolute Gasteiger partial charge is 0.378 e. The average molecular weight is 303 g/mol. The van der Waals surface area contributed by atoms with E-state index in [1.807, 2.05) is 0 Å². The molecule has 20 heavy (non-hydrogen) atoms. The molecule has 3 aliphatic rings. The van der Waals surface area contributed by atoms with Crippen molar-refractivity contribution in [2.24, 2.45) is 10.8 Å². The molecule has 5 heteroatoms. The maximum atomic E-state index is 12.7. The fourth-order valence-corrected chi connectivity index (χ4v) is 4.64. The Morgan fingerprint density at radius 3 is 2.70 bits per heavy atom. The van der Waals surface area contributed by atoms with Gasteiger partial charge < -0.3 is 15.0 Å². The van der Waals surface area contributed by atoms with Crippen LogP contribution in [0, 0.1) is 10.8 Å².